The lowest BCUT2D eigenvalue weighted by Gasteiger charge is -2.14. The van der Waals surface area contributed by atoms with Crippen molar-refractivity contribution in [3.8, 4) is 22.9 Å². The molecule has 0 radical (unpaired) electrons. The van der Waals surface area contributed by atoms with E-state index < -0.39 is 0 Å². The Balaban J connectivity index is 1.86. The maximum absolute atomic E-state index is 5.48. The highest BCUT2D eigenvalue weighted by atomic mass is 16.5. The Kier molecular flexibility index (Phi) is 4.58. The second-order valence-electron chi connectivity index (χ2n) is 5.97. The molecule has 4 rings (SSSR count). The Morgan fingerprint density at radius 1 is 0.778 bits per heavy atom. The van der Waals surface area contributed by atoms with Crippen molar-refractivity contribution in [2.45, 2.75) is 0 Å². The summed E-state index contributed by atoms with van der Waals surface area (Å²) in [7, 11) is 3.28. The van der Waals surface area contributed by atoms with Crippen molar-refractivity contribution in [3.63, 3.8) is 0 Å². The number of methoxy groups -OCH3 is 2. The Hall–Kier alpha value is -3.60. The molecule has 1 aromatic heterocycles. The summed E-state index contributed by atoms with van der Waals surface area (Å²) >= 11 is 0. The molecule has 0 aliphatic carbocycles. The van der Waals surface area contributed by atoms with Crippen molar-refractivity contribution in [1.29, 1.82) is 0 Å². The molecule has 0 atom stereocenters. The first-order valence-corrected chi connectivity index (χ1v) is 8.60. The van der Waals surface area contributed by atoms with Gasteiger partial charge in [-0.1, -0.05) is 42.5 Å². The minimum atomic E-state index is 0.665. The lowest BCUT2D eigenvalue weighted by Crippen LogP contribution is -2.01. The molecule has 4 aromatic rings. The molecule has 0 unspecified atom stereocenters. The highest BCUT2D eigenvalue weighted by Gasteiger charge is 2.12. The number of hydrogen-bond acceptors (Lipinski definition) is 5. The van der Waals surface area contributed by atoms with E-state index in [0.717, 1.165) is 27.9 Å². The molecule has 5 heteroatoms. The van der Waals surface area contributed by atoms with Crippen molar-refractivity contribution in [2.75, 3.05) is 19.5 Å². The molecular weight excluding hydrogens is 338 g/mol. The first-order chi connectivity index (χ1) is 13.3. The number of aromatic nitrogens is 2. The number of anilines is 2. The summed E-state index contributed by atoms with van der Waals surface area (Å²) in [6, 6.07) is 23.5. The summed E-state index contributed by atoms with van der Waals surface area (Å²) in [4.78, 5) is 9.50. The molecule has 0 fully saturated rings. The molecular formula is C22H19N3O2. The summed E-state index contributed by atoms with van der Waals surface area (Å²) in [5.41, 5.74) is 2.61. The third-order valence-electron chi connectivity index (χ3n) is 4.29. The lowest BCUT2D eigenvalue weighted by atomic mass is 10.1. The Morgan fingerprint density at radius 3 is 2.33 bits per heavy atom. The normalized spacial score (nSPS) is 10.6. The molecule has 0 aliphatic rings. The highest BCUT2D eigenvalue weighted by molar-refractivity contribution is 5.92. The Morgan fingerprint density at radius 2 is 1.56 bits per heavy atom. The third-order valence-corrected chi connectivity index (χ3v) is 4.29. The van der Waals surface area contributed by atoms with Gasteiger partial charge in [0.25, 0.3) is 0 Å². The van der Waals surface area contributed by atoms with Crippen LogP contribution in [0.25, 0.3) is 22.3 Å². The summed E-state index contributed by atoms with van der Waals surface area (Å²) in [5.74, 6) is 2.82. The van der Waals surface area contributed by atoms with Gasteiger partial charge in [-0.3, -0.25) is 0 Å². The number of fused-ring (bicyclic) bond motifs is 1. The zero-order valence-electron chi connectivity index (χ0n) is 15.1. The van der Waals surface area contributed by atoms with Crippen LogP contribution in [-0.2, 0) is 0 Å². The average molecular weight is 357 g/mol. The molecule has 0 bridgehead atoms. The van der Waals surface area contributed by atoms with Crippen molar-refractivity contribution in [3.05, 3.63) is 72.8 Å². The molecule has 0 saturated heterocycles. The summed E-state index contributed by atoms with van der Waals surface area (Å²) in [6.07, 6.45) is 0. The van der Waals surface area contributed by atoms with E-state index in [9.17, 15) is 0 Å². The average Bonchev–Trinajstić information content (AvgIpc) is 2.74. The Bertz CT molecular complexity index is 1080. The highest BCUT2D eigenvalue weighted by Crippen LogP contribution is 2.34. The zero-order chi connectivity index (χ0) is 18.6. The van der Waals surface area contributed by atoms with Crippen LogP contribution < -0.4 is 14.8 Å². The van der Waals surface area contributed by atoms with Gasteiger partial charge in [-0.05, 0) is 24.3 Å². The first kappa shape index (κ1) is 16.8. The maximum Gasteiger partial charge on any atom is 0.162 e. The summed E-state index contributed by atoms with van der Waals surface area (Å²) in [6.45, 7) is 0. The van der Waals surface area contributed by atoms with Crippen LogP contribution in [0.5, 0.6) is 11.5 Å². The fourth-order valence-corrected chi connectivity index (χ4v) is 2.93. The Labute approximate surface area is 157 Å². The van der Waals surface area contributed by atoms with E-state index in [-0.39, 0.29) is 0 Å². The van der Waals surface area contributed by atoms with Gasteiger partial charge in [0.05, 0.1) is 25.4 Å². The smallest absolute Gasteiger partial charge is 0.162 e. The number of ether oxygens (including phenoxy) is 2. The summed E-state index contributed by atoms with van der Waals surface area (Å²) < 4.78 is 10.8. The molecule has 1 N–H and O–H groups in total. The predicted octanol–water partition coefficient (Wildman–Crippen LogP) is 5.06. The van der Waals surface area contributed by atoms with Crippen LogP contribution in [0.15, 0.2) is 72.8 Å². The van der Waals surface area contributed by atoms with Gasteiger partial charge in [0.1, 0.15) is 17.3 Å². The molecule has 27 heavy (non-hydrogen) atoms. The van der Waals surface area contributed by atoms with E-state index in [1.807, 2.05) is 72.8 Å². The maximum atomic E-state index is 5.48. The number of para-hydroxylation sites is 1. The second kappa shape index (κ2) is 7.33. The van der Waals surface area contributed by atoms with Crippen LogP contribution in [0.1, 0.15) is 0 Å². The predicted molar refractivity (Wildman–Crippen MR) is 108 cm³/mol. The van der Waals surface area contributed by atoms with Gasteiger partial charge in [0.2, 0.25) is 0 Å². The van der Waals surface area contributed by atoms with Crippen LogP contribution in [0.3, 0.4) is 0 Å². The van der Waals surface area contributed by atoms with Crippen molar-refractivity contribution in [2.24, 2.45) is 0 Å². The van der Waals surface area contributed by atoms with E-state index in [1.165, 1.54) is 0 Å². The molecule has 0 amide bonds. The van der Waals surface area contributed by atoms with Crippen LogP contribution >= 0.6 is 0 Å². The van der Waals surface area contributed by atoms with E-state index in [1.54, 1.807) is 14.2 Å². The number of nitrogens with zero attached hydrogens (tertiary/aromatic N) is 2. The number of benzene rings is 3. The van der Waals surface area contributed by atoms with Gasteiger partial charge in [-0.15, -0.1) is 0 Å². The molecule has 1 heterocycles. The van der Waals surface area contributed by atoms with Crippen LogP contribution in [-0.4, -0.2) is 24.2 Å². The molecule has 0 saturated carbocycles. The molecule has 0 spiro atoms. The second-order valence-corrected chi connectivity index (χ2v) is 5.97. The van der Waals surface area contributed by atoms with E-state index in [0.29, 0.717) is 17.4 Å². The minimum absolute atomic E-state index is 0.665. The van der Waals surface area contributed by atoms with Gasteiger partial charge in [0.15, 0.2) is 5.82 Å². The van der Waals surface area contributed by atoms with Crippen LogP contribution in [0.4, 0.5) is 11.5 Å². The number of nitrogens with one attached hydrogen (secondary N) is 1. The van der Waals surface area contributed by atoms with Crippen LogP contribution in [0.2, 0.25) is 0 Å². The van der Waals surface area contributed by atoms with Crippen LogP contribution in [0, 0.1) is 0 Å². The molecule has 3 aromatic carbocycles. The number of rotatable bonds is 5. The summed E-state index contributed by atoms with van der Waals surface area (Å²) in [5, 5.41) is 4.33. The van der Waals surface area contributed by atoms with Gasteiger partial charge >= 0.3 is 0 Å². The topological polar surface area (TPSA) is 56.3 Å². The van der Waals surface area contributed by atoms with E-state index >= 15 is 0 Å². The van der Waals surface area contributed by atoms with Crippen molar-refractivity contribution < 1.29 is 9.47 Å². The molecule has 0 aliphatic heterocycles. The number of hydrogen-bond donors (Lipinski definition) is 1. The van der Waals surface area contributed by atoms with E-state index in [2.05, 4.69) is 5.32 Å². The van der Waals surface area contributed by atoms with Crippen molar-refractivity contribution >= 4 is 22.4 Å². The standard InChI is InChI=1S/C22H19N3O2/c1-26-16-12-13-20(27-2)19(14-16)24-22-17-10-6-7-11-18(17)23-21(25-22)15-8-4-3-5-9-15/h3-14H,1-2H3,(H,23,24,25). The SMILES string of the molecule is COc1ccc(OC)c(Nc2nc(-c3ccccc3)nc3ccccc23)c1. The first-order valence-electron chi connectivity index (χ1n) is 8.60. The van der Waals surface area contributed by atoms with Gasteiger partial charge in [-0.2, -0.15) is 0 Å². The zero-order valence-corrected chi connectivity index (χ0v) is 15.1. The van der Waals surface area contributed by atoms with Crippen molar-refractivity contribution in [1.82, 2.24) is 9.97 Å². The van der Waals surface area contributed by atoms with Gasteiger partial charge in [0, 0.05) is 17.0 Å². The van der Waals surface area contributed by atoms with Gasteiger partial charge < -0.3 is 14.8 Å². The minimum Gasteiger partial charge on any atom is -0.497 e. The molecule has 5 nitrogen and oxygen atoms in total. The fraction of sp³-hybridized carbons (Fsp3) is 0.0909. The van der Waals surface area contributed by atoms with Gasteiger partial charge in [-0.25, -0.2) is 9.97 Å². The molecule has 134 valence electrons. The van der Waals surface area contributed by atoms with E-state index in [4.69, 9.17) is 19.4 Å². The lowest BCUT2D eigenvalue weighted by molar-refractivity contribution is 0.405. The monoisotopic (exact) mass is 357 g/mol. The third kappa shape index (κ3) is 3.40. The quantitative estimate of drug-likeness (QED) is 0.541. The fourth-order valence-electron chi connectivity index (χ4n) is 2.93. The largest absolute Gasteiger partial charge is 0.497 e.